The highest BCUT2D eigenvalue weighted by molar-refractivity contribution is 7.92. The van der Waals surface area contributed by atoms with Crippen LogP contribution < -0.4 is 9.62 Å². The molecular weight excluding hydrogens is 457 g/mol. The van der Waals surface area contributed by atoms with Gasteiger partial charge in [0.25, 0.3) is 15.7 Å². The minimum absolute atomic E-state index is 0.0354. The number of nitrogens with zero attached hydrogens (tertiary/aromatic N) is 2. The summed E-state index contributed by atoms with van der Waals surface area (Å²) in [7, 11) is -3.85. The second kappa shape index (κ2) is 8.76. The van der Waals surface area contributed by atoms with Crippen LogP contribution in [-0.2, 0) is 23.0 Å². The summed E-state index contributed by atoms with van der Waals surface area (Å²) in [6, 6.07) is 15.0. The minimum atomic E-state index is -3.85. The number of nitrogens with one attached hydrogen (secondary N) is 1. The molecule has 1 aliphatic rings. The predicted octanol–water partition coefficient (Wildman–Crippen LogP) is 5.14. The monoisotopic (exact) mass is 475 g/mol. The van der Waals surface area contributed by atoms with Crippen LogP contribution in [0.25, 0.3) is 0 Å². The summed E-state index contributed by atoms with van der Waals surface area (Å²) in [5.74, 6) is -0.714. The minimum Gasteiger partial charge on any atom is -0.379 e. The smallest absolute Gasteiger partial charge is 0.277 e. The van der Waals surface area contributed by atoms with Crippen molar-refractivity contribution in [1.29, 1.82) is 0 Å². The van der Waals surface area contributed by atoms with Crippen LogP contribution in [0.15, 0.2) is 65.6 Å². The molecule has 4 rings (SSSR count). The molecule has 3 aromatic rings. The quantitative estimate of drug-likeness (QED) is 0.393. The van der Waals surface area contributed by atoms with Crippen LogP contribution in [0.4, 0.5) is 21.5 Å². The fourth-order valence-electron chi connectivity index (χ4n) is 3.72. The van der Waals surface area contributed by atoms with Crippen LogP contribution in [-0.4, -0.2) is 19.9 Å². The highest BCUT2D eigenvalue weighted by Gasteiger charge is 2.29. The molecule has 0 saturated carbocycles. The first kappa shape index (κ1) is 22.0. The number of nitro groups is 1. The third-order valence-electron chi connectivity index (χ3n) is 5.31. The number of hydrogen-bond acceptors (Lipinski definition) is 5. The van der Waals surface area contributed by atoms with Gasteiger partial charge in [0.15, 0.2) is 0 Å². The molecule has 1 N–H and O–H groups in total. The number of hydrogen-bond donors (Lipinski definition) is 1. The van der Waals surface area contributed by atoms with E-state index in [4.69, 9.17) is 11.6 Å². The molecule has 3 aromatic carbocycles. The highest BCUT2D eigenvalue weighted by atomic mass is 35.5. The molecule has 0 aromatic heterocycles. The van der Waals surface area contributed by atoms with Gasteiger partial charge in [0.2, 0.25) is 0 Å². The van der Waals surface area contributed by atoms with Gasteiger partial charge in [0, 0.05) is 18.7 Å². The maximum Gasteiger partial charge on any atom is 0.277 e. The highest BCUT2D eigenvalue weighted by Crippen LogP contribution is 2.34. The van der Waals surface area contributed by atoms with Gasteiger partial charge in [-0.2, -0.15) is 0 Å². The van der Waals surface area contributed by atoms with Gasteiger partial charge in [-0.3, -0.25) is 14.4 Å². The average molecular weight is 476 g/mol. The number of nitro benzene ring substituents is 1. The van der Waals surface area contributed by atoms with Crippen LogP contribution >= 0.6 is 11.6 Å². The molecule has 0 unspecified atom stereocenters. The molecule has 0 amide bonds. The van der Waals surface area contributed by atoms with E-state index in [1.807, 2.05) is 12.1 Å². The van der Waals surface area contributed by atoms with E-state index in [2.05, 4.69) is 5.32 Å². The van der Waals surface area contributed by atoms with Crippen molar-refractivity contribution in [3.8, 4) is 0 Å². The van der Waals surface area contributed by atoms with Crippen molar-refractivity contribution in [2.75, 3.05) is 16.2 Å². The van der Waals surface area contributed by atoms with Crippen molar-refractivity contribution in [3.63, 3.8) is 0 Å². The number of anilines is 2. The van der Waals surface area contributed by atoms with Gasteiger partial charge >= 0.3 is 0 Å². The van der Waals surface area contributed by atoms with Gasteiger partial charge < -0.3 is 5.32 Å². The molecule has 32 heavy (non-hydrogen) atoms. The van der Waals surface area contributed by atoms with Crippen molar-refractivity contribution >= 4 is 38.7 Å². The van der Waals surface area contributed by atoms with Gasteiger partial charge in [0.05, 0.1) is 32.3 Å². The lowest BCUT2D eigenvalue weighted by molar-refractivity contribution is -0.385. The van der Waals surface area contributed by atoms with Crippen molar-refractivity contribution in [2.45, 2.75) is 24.3 Å². The molecule has 1 heterocycles. The van der Waals surface area contributed by atoms with Crippen molar-refractivity contribution in [2.24, 2.45) is 0 Å². The van der Waals surface area contributed by atoms with Gasteiger partial charge in [-0.25, -0.2) is 12.8 Å². The maximum atomic E-state index is 13.4. The lowest BCUT2D eigenvalue weighted by Gasteiger charge is -2.30. The van der Waals surface area contributed by atoms with E-state index in [1.54, 1.807) is 12.1 Å². The first-order chi connectivity index (χ1) is 15.3. The van der Waals surface area contributed by atoms with E-state index >= 15 is 0 Å². The Balaban J connectivity index is 1.63. The fraction of sp³-hybridized carbons (Fsp3) is 0.182. The Labute approximate surface area is 189 Å². The van der Waals surface area contributed by atoms with E-state index in [0.29, 0.717) is 24.3 Å². The predicted molar refractivity (Wildman–Crippen MR) is 121 cm³/mol. The molecule has 0 aliphatic carbocycles. The standard InChI is InChI=1S/C22H19ClFN3O4S/c23-19-10-9-18(32(30,31)26-11-3-5-15-4-1-2-6-21(15)26)13-20(19)25-14-16-7-8-17(24)12-22(16)27(28)29/h1-2,4,6-10,12-13,25H,3,5,11,14H2. The molecular formula is C22H19ClFN3O4S. The first-order valence-electron chi connectivity index (χ1n) is 9.84. The van der Waals surface area contributed by atoms with E-state index in [1.165, 1.54) is 28.6 Å². The third-order valence-corrected chi connectivity index (χ3v) is 7.45. The Morgan fingerprint density at radius 2 is 1.91 bits per heavy atom. The summed E-state index contributed by atoms with van der Waals surface area (Å²) in [4.78, 5) is 10.6. The Morgan fingerprint density at radius 1 is 1.12 bits per heavy atom. The summed E-state index contributed by atoms with van der Waals surface area (Å²) in [6.45, 7) is 0.332. The Morgan fingerprint density at radius 3 is 2.69 bits per heavy atom. The molecule has 0 saturated heterocycles. The summed E-state index contributed by atoms with van der Waals surface area (Å²) in [5, 5.41) is 14.4. The van der Waals surface area contributed by atoms with Crippen molar-refractivity contribution < 1.29 is 17.7 Å². The Bertz CT molecular complexity index is 1300. The normalized spacial score (nSPS) is 13.5. The van der Waals surface area contributed by atoms with E-state index in [0.717, 1.165) is 24.1 Å². The second-order valence-corrected chi connectivity index (χ2v) is 9.60. The molecule has 0 spiro atoms. The number of rotatable bonds is 6. The second-order valence-electron chi connectivity index (χ2n) is 7.33. The van der Waals surface area contributed by atoms with Gasteiger partial charge in [-0.1, -0.05) is 29.8 Å². The lowest BCUT2D eigenvalue weighted by Crippen LogP contribution is -2.35. The number of halogens is 2. The molecule has 1 aliphatic heterocycles. The summed E-state index contributed by atoms with van der Waals surface area (Å²) in [5.41, 5.74) is 1.80. The van der Waals surface area contributed by atoms with Crippen LogP contribution in [0, 0.1) is 15.9 Å². The Kier molecular flexibility index (Phi) is 6.03. The number of benzene rings is 3. The van der Waals surface area contributed by atoms with Crippen LogP contribution in [0.5, 0.6) is 0 Å². The van der Waals surface area contributed by atoms with Crippen LogP contribution in [0.3, 0.4) is 0 Å². The SMILES string of the molecule is O=[N+]([O-])c1cc(F)ccc1CNc1cc(S(=O)(=O)N2CCCc3ccccc32)ccc1Cl. The topological polar surface area (TPSA) is 92.5 Å². The largest absolute Gasteiger partial charge is 0.379 e. The molecule has 7 nitrogen and oxygen atoms in total. The summed E-state index contributed by atoms with van der Waals surface area (Å²) >= 11 is 6.24. The van der Waals surface area contributed by atoms with Gasteiger partial charge in [0.1, 0.15) is 5.82 Å². The molecule has 0 atom stereocenters. The summed E-state index contributed by atoms with van der Waals surface area (Å²) < 4.78 is 41.6. The molecule has 166 valence electrons. The van der Waals surface area contributed by atoms with E-state index in [9.17, 15) is 22.9 Å². The molecule has 10 heteroatoms. The molecule has 0 radical (unpaired) electrons. The number of fused-ring (bicyclic) bond motifs is 1. The lowest BCUT2D eigenvalue weighted by atomic mass is 10.0. The Hall–Kier alpha value is -3.17. The maximum absolute atomic E-state index is 13.4. The fourth-order valence-corrected chi connectivity index (χ4v) is 5.48. The van der Waals surface area contributed by atoms with Gasteiger partial charge in [-0.05, 0) is 54.8 Å². The molecule has 0 bridgehead atoms. The molecule has 0 fully saturated rings. The van der Waals surface area contributed by atoms with E-state index < -0.39 is 20.8 Å². The van der Waals surface area contributed by atoms with Crippen LogP contribution in [0.2, 0.25) is 5.02 Å². The zero-order chi connectivity index (χ0) is 22.9. The number of para-hydroxylation sites is 1. The average Bonchev–Trinajstić information content (AvgIpc) is 2.78. The third kappa shape index (κ3) is 4.26. The zero-order valence-electron chi connectivity index (χ0n) is 16.8. The number of aryl methyl sites for hydroxylation is 1. The zero-order valence-corrected chi connectivity index (χ0v) is 18.4. The van der Waals surface area contributed by atoms with E-state index in [-0.39, 0.29) is 27.7 Å². The summed E-state index contributed by atoms with van der Waals surface area (Å²) in [6.07, 6.45) is 1.52. The van der Waals surface area contributed by atoms with Crippen molar-refractivity contribution in [3.05, 3.63) is 92.7 Å². The van der Waals surface area contributed by atoms with Gasteiger partial charge in [-0.15, -0.1) is 0 Å². The van der Waals surface area contributed by atoms with Crippen LogP contribution in [0.1, 0.15) is 17.5 Å². The van der Waals surface area contributed by atoms with Crippen molar-refractivity contribution in [1.82, 2.24) is 0 Å². The number of sulfonamides is 1. The first-order valence-corrected chi connectivity index (χ1v) is 11.7.